The van der Waals surface area contributed by atoms with Crippen molar-refractivity contribution in [3.05, 3.63) is 42.2 Å². The number of aliphatic hydroxyl groups is 1. The first-order valence-electron chi connectivity index (χ1n) is 8.06. The van der Waals surface area contributed by atoms with E-state index in [0.29, 0.717) is 11.6 Å². The SMILES string of the molecule is O=C(/C=C/c1cnc2ccccc2n1)NC1CCC(CO)CC1. The van der Waals surface area contributed by atoms with E-state index in [4.69, 9.17) is 5.11 Å². The second kappa shape index (κ2) is 7.33. The summed E-state index contributed by atoms with van der Waals surface area (Å²) >= 11 is 0. The second-order valence-electron chi connectivity index (χ2n) is 6.03. The van der Waals surface area contributed by atoms with E-state index in [1.807, 2.05) is 24.3 Å². The Hall–Kier alpha value is -2.27. The number of rotatable bonds is 4. The molecule has 0 spiro atoms. The van der Waals surface area contributed by atoms with Gasteiger partial charge < -0.3 is 10.4 Å². The zero-order valence-electron chi connectivity index (χ0n) is 13.0. The van der Waals surface area contributed by atoms with Crippen molar-refractivity contribution >= 4 is 23.0 Å². The molecule has 120 valence electrons. The van der Waals surface area contributed by atoms with Crippen LogP contribution in [0.2, 0.25) is 0 Å². The molecule has 1 saturated carbocycles. The highest BCUT2D eigenvalue weighted by molar-refractivity contribution is 5.91. The van der Waals surface area contributed by atoms with Crippen LogP contribution in [0, 0.1) is 5.92 Å². The lowest BCUT2D eigenvalue weighted by atomic mass is 9.86. The van der Waals surface area contributed by atoms with Crippen molar-refractivity contribution in [1.29, 1.82) is 0 Å². The molecule has 2 aromatic rings. The van der Waals surface area contributed by atoms with Crippen LogP contribution in [-0.2, 0) is 4.79 Å². The number of carbonyl (C=O) groups is 1. The molecule has 1 heterocycles. The summed E-state index contributed by atoms with van der Waals surface area (Å²) in [6, 6.07) is 7.85. The number of fused-ring (bicyclic) bond motifs is 1. The maximum Gasteiger partial charge on any atom is 0.244 e. The summed E-state index contributed by atoms with van der Waals surface area (Å²) < 4.78 is 0. The number of aliphatic hydroxyl groups excluding tert-OH is 1. The van der Waals surface area contributed by atoms with Gasteiger partial charge in [0.05, 0.1) is 22.9 Å². The van der Waals surface area contributed by atoms with Crippen molar-refractivity contribution in [2.24, 2.45) is 5.92 Å². The smallest absolute Gasteiger partial charge is 0.244 e. The van der Waals surface area contributed by atoms with Crippen molar-refractivity contribution in [2.75, 3.05) is 6.61 Å². The van der Waals surface area contributed by atoms with E-state index in [1.165, 1.54) is 6.08 Å². The minimum atomic E-state index is -0.104. The van der Waals surface area contributed by atoms with Crippen molar-refractivity contribution < 1.29 is 9.90 Å². The van der Waals surface area contributed by atoms with Crippen LogP contribution < -0.4 is 5.32 Å². The van der Waals surface area contributed by atoms with Gasteiger partial charge in [0.15, 0.2) is 0 Å². The molecule has 1 aromatic heterocycles. The molecule has 0 saturated heterocycles. The Morgan fingerprint density at radius 1 is 1.22 bits per heavy atom. The Balaban J connectivity index is 1.57. The highest BCUT2D eigenvalue weighted by atomic mass is 16.3. The van der Waals surface area contributed by atoms with Crippen LogP contribution in [0.3, 0.4) is 0 Å². The van der Waals surface area contributed by atoms with E-state index in [9.17, 15) is 4.79 Å². The molecule has 1 aliphatic rings. The molecule has 3 rings (SSSR count). The van der Waals surface area contributed by atoms with Crippen molar-refractivity contribution in [3.8, 4) is 0 Å². The summed E-state index contributed by atoms with van der Waals surface area (Å²) in [6.45, 7) is 0.251. The van der Waals surface area contributed by atoms with Crippen LogP contribution in [0.4, 0.5) is 0 Å². The van der Waals surface area contributed by atoms with Crippen molar-refractivity contribution in [1.82, 2.24) is 15.3 Å². The van der Waals surface area contributed by atoms with Gasteiger partial charge in [0.25, 0.3) is 0 Å². The van der Waals surface area contributed by atoms with Gasteiger partial charge in [-0.15, -0.1) is 0 Å². The van der Waals surface area contributed by atoms with Crippen molar-refractivity contribution in [2.45, 2.75) is 31.7 Å². The van der Waals surface area contributed by atoms with Gasteiger partial charge >= 0.3 is 0 Å². The summed E-state index contributed by atoms with van der Waals surface area (Å²) in [4.78, 5) is 20.8. The Kier molecular flexibility index (Phi) is 4.98. The first-order chi connectivity index (χ1) is 11.2. The Labute approximate surface area is 135 Å². The van der Waals surface area contributed by atoms with Crippen LogP contribution in [0.5, 0.6) is 0 Å². The summed E-state index contributed by atoms with van der Waals surface area (Å²) in [5, 5.41) is 12.1. The fraction of sp³-hybridized carbons (Fsp3) is 0.389. The summed E-state index contributed by atoms with van der Waals surface area (Å²) in [5.41, 5.74) is 2.33. The summed E-state index contributed by atoms with van der Waals surface area (Å²) in [7, 11) is 0. The molecule has 5 heteroatoms. The molecular weight excluding hydrogens is 290 g/mol. The van der Waals surface area contributed by atoms with E-state index in [0.717, 1.165) is 36.7 Å². The zero-order chi connectivity index (χ0) is 16.1. The van der Waals surface area contributed by atoms with Crippen LogP contribution >= 0.6 is 0 Å². The van der Waals surface area contributed by atoms with Gasteiger partial charge in [0, 0.05) is 18.7 Å². The van der Waals surface area contributed by atoms with Gasteiger partial charge in [0.2, 0.25) is 5.91 Å². The molecule has 1 amide bonds. The standard InChI is InChI=1S/C18H21N3O2/c22-12-13-5-7-14(8-6-13)21-18(23)10-9-15-11-19-16-3-1-2-4-17(16)20-15/h1-4,9-11,13-14,22H,5-8,12H2,(H,21,23)/b10-9+. The van der Waals surface area contributed by atoms with Gasteiger partial charge in [-0.1, -0.05) is 12.1 Å². The quantitative estimate of drug-likeness (QED) is 0.850. The minimum Gasteiger partial charge on any atom is -0.396 e. The third-order valence-corrected chi connectivity index (χ3v) is 4.32. The topological polar surface area (TPSA) is 75.1 Å². The third-order valence-electron chi connectivity index (χ3n) is 4.32. The predicted octanol–water partition coefficient (Wildman–Crippen LogP) is 2.31. The third kappa shape index (κ3) is 4.13. The van der Waals surface area contributed by atoms with Crippen LogP contribution in [0.1, 0.15) is 31.4 Å². The summed E-state index contributed by atoms with van der Waals surface area (Å²) in [6.07, 6.45) is 8.67. The second-order valence-corrected chi connectivity index (χ2v) is 6.03. The number of aromatic nitrogens is 2. The Morgan fingerprint density at radius 3 is 2.70 bits per heavy atom. The fourth-order valence-electron chi connectivity index (χ4n) is 2.95. The predicted molar refractivity (Wildman–Crippen MR) is 89.5 cm³/mol. The van der Waals surface area contributed by atoms with Gasteiger partial charge in [0.1, 0.15) is 0 Å². The monoisotopic (exact) mass is 311 g/mol. The average Bonchev–Trinajstić information content (AvgIpc) is 2.60. The molecule has 0 radical (unpaired) electrons. The van der Waals surface area contributed by atoms with E-state index in [-0.39, 0.29) is 18.6 Å². The molecule has 1 aliphatic carbocycles. The Bertz CT molecular complexity index is 706. The van der Waals surface area contributed by atoms with Gasteiger partial charge in [-0.25, -0.2) is 4.98 Å². The molecule has 2 N–H and O–H groups in total. The lowest BCUT2D eigenvalue weighted by Gasteiger charge is -2.27. The maximum atomic E-state index is 12.0. The normalized spacial score (nSPS) is 21.6. The first-order valence-corrected chi connectivity index (χ1v) is 8.06. The molecule has 5 nitrogen and oxygen atoms in total. The molecule has 1 aromatic carbocycles. The number of nitrogens with zero attached hydrogens (tertiary/aromatic N) is 2. The van der Waals surface area contributed by atoms with E-state index in [1.54, 1.807) is 12.3 Å². The van der Waals surface area contributed by atoms with E-state index in [2.05, 4.69) is 15.3 Å². The molecular formula is C18H21N3O2. The number of hydrogen-bond acceptors (Lipinski definition) is 4. The number of para-hydroxylation sites is 2. The number of hydrogen-bond donors (Lipinski definition) is 2. The molecule has 0 bridgehead atoms. The highest BCUT2D eigenvalue weighted by Gasteiger charge is 2.21. The van der Waals surface area contributed by atoms with Crippen molar-refractivity contribution in [3.63, 3.8) is 0 Å². The minimum absolute atomic E-state index is 0.104. The zero-order valence-corrected chi connectivity index (χ0v) is 13.0. The van der Waals surface area contributed by atoms with E-state index < -0.39 is 0 Å². The largest absolute Gasteiger partial charge is 0.396 e. The Morgan fingerprint density at radius 2 is 1.96 bits per heavy atom. The molecule has 23 heavy (non-hydrogen) atoms. The van der Waals surface area contributed by atoms with Gasteiger partial charge in [-0.2, -0.15) is 0 Å². The number of carbonyl (C=O) groups excluding carboxylic acids is 1. The van der Waals surface area contributed by atoms with Crippen LogP contribution in [-0.4, -0.2) is 33.6 Å². The molecule has 0 unspecified atom stereocenters. The van der Waals surface area contributed by atoms with Crippen LogP contribution in [0.15, 0.2) is 36.5 Å². The lowest BCUT2D eigenvalue weighted by molar-refractivity contribution is -0.117. The lowest BCUT2D eigenvalue weighted by Crippen LogP contribution is -2.37. The summed E-state index contributed by atoms with van der Waals surface area (Å²) in [5.74, 6) is 0.291. The number of amides is 1. The average molecular weight is 311 g/mol. The number of nitrogens with one attached hydrogen (secondary N) is 1. The molecule has 1 fully saturated rings. The number of benzene rings is 1. The van der Waals surface area contributed by atoms with Gasteiger partial charge in [-0.05, 0) is 49.8 Å². The maximum absolute atomic E-state index is 12.0. The van der Waals surface area contributed by atoms with E-state index >= 15 is 0 Å². The van der Waals surface area contributed by atoms with Crippen LogP contribution in [0.25, 0.3) is 17.1 Å². The van der Waals surface area contributed by atoms with Gasteiger partial charge in [-0.3, -0.25) is 9.78 Å². The highest BCUT2D eigenvalue weighted by Crippen LogP contribution is 2.23. The molecule has 0 aliphatic heterocycles. The first kappa shape index (κ1) is 15.6. The molecule has 0 atom stereocenters. The fourth-order valence-corrected chi connectivity index (χ4v) is 2.95.